The Morgan fingerprint density at radius 3 is 2.76 bits per heavy atom. The van der Waals surface area contributed by atoms with Crippen LogP contribution in [0, 0.1) is 0 Å². The molecular weight excluding hydrogens is 266 g/mol. The molecule has 0 bridgehead atoms. The van der Waals surface area contributed by atoms with Gasteiger partial charge in [0.1, 0.15) is 0 Å². The molecule has 108 valence electrons. The predicted molar refractivity (Wildman–Crippen MR) is 81.9 cm³/mol. The van der Waals surface area contributed by atoms with Gasteiger partial charge in [-0.05, 0) is 42.8 Å². The number of nitrogens with one attached hydrogen (secondary N) is 1. The van der Waals surface area contributed by atoms with Crippen LogP contribution >= 0.6 is 0 Å². The maximum absolute atomic E-state index is 10.9. The maximum Gasteiger partial charge on any atom is 0.335 e. The van der Waals surface area contributed by atoms with E-state index in [1.54, 1.807) is 18.3 Å². The number of benzene rings is 1. The Labute approximate surface area is 123 Å². The number of carboxylic acids is 1. The first-order chi connectivity index (χ1) is 10.2. The van der Waals surface area contributed by atoms with E-state index in [1.807, 2.05) is 30.5 Å². The zero-order valence-corrected chi connectivity index (χ0v) is 11.6. The van der Waals surface area contributed by atoms with Crippen molar-refractivity contribution in [3.8, 4) is 0 Å². The zero-order valence-electron chi connectivity index (χ0n) is 11.6. The van der Waals surface area contributed by atoms with Crippen LogP contribution in [-0.2, 0) is 0 Å². The van der Waals surface area contributed by atoms with E-state index in [4.69, 9.17) is 5.11 Å². The molecule has 1 aromatic heterocycles. The second kappa shape index (κ2) is 5.83. The van der Waals surface area contributed by atoms with Gasteiger partial charge in [0.25, 0.3) is 0 Å². The second-order valence-corrected chi connectivity index (χ2v) is 5.17. The summed E-state index contributed by atoms with van der Waals surface area (Å²) in [7, 11) is 0. The third-order valence-corrected chi connectivity index (χ3v) is 3.70. The van der Waals surface area contributed by atoms with Crippen molar-refractivity contribution in [1.29, 1.82) is 0 Å². The molecule has 0 radical (unpaired) electrons. The molecule has 1 fully saturated rings. The fraction of sp³-hybridized carbons (Fsp3) is 0.250. The summed E-state index contributed by atoms with van der Waals surface area (Å²) >= 11 is 0. The Bertz CT molecular complexity index is 613. The van der Waals surface area contributed by atoms with E-state index in [2.05, 4.69) is 15.2 Å². The molecule has 5 nitrogen and oxygen atoms in total. The van der Waals surface area contributed by atoms with Gasteiger partial charge in [-0.25, -0.2) is 4.79 Å². The minimum Gasteiger partial charge on any atom is -0.478 e. The topological polar surface area (TPSA) is 65.5 Å². The molecule has 1 atom stereocenters. The van der Waals surface area contributed by atoms with Crippen molar-refractivity contribution in [2.45, 2.75) is 12.5 Å². The summed E-state index contributed by atoms with van der Waals surface area (Å²) in [4.78, 5) is 17.2. The van der Waals surface area contributed by atoms with Crippen LogP contribution in [0.3, 0.4) is 0 Å². The highest BCUT2D eigenvalue weighted by Crippen LogP contribution is 2.22. The third-order valence-electron chi connectivity index (χ3n) is 3.70. The van der Waals surface area contributed by atoms with Crippen LogP contribution in [0.2, 0.25) is 0 Å². The molecule has 2 N–H and O–H groups in total. The molecule has 2 heterocycles. The molecule has 1 aromatic carbocycles. The molecule has 1 saturated heterocycles. The second-order valence-electron chi connectivity index (χ2n) is 5.17. The summed E-state index contributed by atoms with van der Waals surface area (Å²) in [6.45, 7) is 1.87. The number of nitrogens with zero attached hydrogens (tertiary/aromatic N) is 2. The SMILES string of the molecule is O=C(O)c1ccc(N2CC[C@H](Nc3cccnc3)C2)cc1. The van der Waals surface area contributed by atoms with Crippen LogP contribution in [-0.4, -0.2) is 35.2 Å². The lowest BCUT2D eigenvalue weighted by atomic mass is 10.2. The molecule has 0 saturated carbocycles. The lowest BCUT2D eigenvalue weighted by molar-refractivity contribution is 0.0697. The van der Waals surface area contributed by atoms with Crippen molar-refractivity contribution in [1.82, 2.24) is 4.98 Å². The van der Waals surface area contributed by atoms with Gasteiger partial charge in [0.2, 0.25) is 0 Å². The molecule has 0 amide bonds. The van der Waals surface area contributed by atoms with Crippen LogP contribution in [0.4, 0.5) is 11.4 Å². The first kappa shape index (κ1) is 13.4. The molecule has 21 heavy (non-hydrogen) atoms. The number of hydrogen-bond donors (Lipinski definition) is 2. The Morgan fingerprint density at radius 1 is 1.29 bits per heavy atom. The number of aromatic nitrogens is 1. The van der Waals surface area contributed by atoms with Crippen LogP contribution in [0.1, 0.15) is 16.8 Å². The lowest BCUT2D eigenvalue weighted by Crippen LogP contribution is -2.26. The first-order valence-electron chi connectivity index (χ1n) is 6.97. The smallest absolute Gasteiger partial charge is 0.335 e. The highest BCUT2D eigenvalue weighted by Gasteiger charge is 2.22. The molecule has 3 rings (SSSR count). The largest absolute Gasteiger partial charge is 0.478 e. The number of pyridine rings is 1. The normalized spacial score (nSPS) is 17.7. The Balaban J connectivity index is 1.62. The average molecular weight is 283 g/mol. The summed E-state index contributed by atoms with van der Waals surface area (Å²) < 4.78 is 0. The van der Waals surface area contributed by atoms with Gasteiger partial charge in [0.05, 0.1) is 11.3 Å². The van der Waals surface area contributed by atoms with E-state index in [0.717, 1.165) is 30.9 Å². The quantitative estimate of drug-likeness (QED) is 0.902. The van der Waals surface area contributed by atoms with Crippen molar-refractivity contribution in [2.24, 2.45) is 0 Å². The van der Waals surface area contributed by atoms with E-state index in [1.165, 1.54) is 0 Å². The summed E-state index contributed by atoms with van der Waals surface area (Å²) in [5.41, 5.74) is 2.42. The van der Waals surface area contributed by atoms with Crippen molar-refractivity contribution in [3.05, 3.63) is 54.4 Å². The summed E-state index contributed by atoms with van der Waals surface area (Å²) in [5.74, 6) is -0.890. The maximum atomic E-state index is 10.9. The highest BCUT2D eigenvalue weighted by molar-refractivity contribution is 5.88. The van der Waals surface area contributed by atoms with Crippen molar-refractivity contribution in [3.63, 3.8) is 0 Å². The van der Waals surface area contributed by atoms with Gasteiger partial charge >= 0.3 is 5.97 Å². The number of aromatic carboxylic acids is 1. The monoisotopic (exact) mass is 283 g/mol. The Kier molecular flexibility index (Phi) is 3.73. The molecule has 0 unspecified atom stereocenters. The van der Waals surface area contributed by atoms with E-state index in [9.17, 15) is 4.79 Å². The minimum atomic E-state index is -0.890. The van der Waals surface area contributed by atoms with Crippen molar-refractivity contribution >= 4 is 17.3 Å². The summed E-state index contributed by atoms with van der Waals surface area (Å²) in [6.07, 6.45) is 4.63. The van der Waals surface area contributed by atoms with Gasteiger partial charge in [0, 0.05) is 37.2 Å². The molecule has 2 aromatic rings. The van der Waals surface area contributed by atoms with Crippen LogP contribution in [0.15, 0.2) is 48.8 Å². The van der Waals surface area contributed by atoms with Gasteiger partial charge < -0.3 is 15.3 Å². The van der Waals surface area contributed by atoms with E-state index >= 15 is 0 Å². The minimum absolute atomic E-state index is 0.322. The number of carboxylic acid groups (broad SMARTS) is 1. The third kappa shape index (κ3) is 3.13. The lowest BCUT2D eigenvalue weighted by Gasteiger charge is -2.19. The van der Waals surface area contributed by atoms with Gasteiger partial charge in [-0.15, -0.1) is 0 Å². The molecule has 1 aliphatic heterocycles. The number of rotatable bonds is 4. The van der Waals surface area contributed by atoms with Crippen LogP contribution < -0.4 is 10.2 Å². The molecule has 0 aliphatic carbocycles. The first-order valence-corrected chi connectivity index (χ1v) is 6.97. The number of carbonyl (C=O) groups is 1. The average Bonchev–Trinajstić information content (AvgIpc) is 2.97. The predicted octanol–water partition coefficient (Wildman–Crippen LogP) is 2.47. The van der Waals surface area contributed by atoms with Gasteiger partial charge in [-0.1, -0.05) is 0 Å². The molecule has 1 aliphatic rings. The van der Waals surface area contributed by atoms with Gasteiger partial charge in [-0.2, -0.15) is 0 Å². The summed E-state index contributed by atoms with van der Waals surface area (Å²) in [5, 5.41) is 12.4. The van der Waals surface area contributed by atoms with E-state index in [0.29, 0.717) is 11.6 Å². The number of hydrogen-bond acceptors (Lipinski definition) is 4. The van der Waals surface area contributed by atoms with E-state index < -0.39 is 5.97 Å². The van der Waals surface area contributed by atoms with Crippen molar-refractivity contribution in [2.75, 3.05) is 23.3 Å². The van der Waals surface area contributed by atoms with Crippen LogP contribution in [0.25, 0.3) is 0 Å². The fourth-order valence-electron chi connectivity index (χ4n) is 2.61. The van der Waals surface area contributed by atoms with Crippen LogP contribution in [0.5, 0.6) is 0 Å². The van der Waals surface area contributed by atoms with Gasteiger partial charge in [0.15, 0.2) is 0 Å². The number of anilines is 2. The van der Waals surface area contributed by atoms with E-state index in [-0.39, 0.29) is 0 Å². The summed E-state index contributed by atoms with van der Waals surface area (Å²) in [6, 6.07) is 11.4. The molecule has 0 spiro atoms. The van der Waals surface area contributed by atoms with Gasteiger partial charge in [-0.3, -0.25) is 4.98 Å². The van der Waals surface area contributed by atoms with Crippen molar-refractivity contribution < 1.29 is 9.90 Å². The zero-order chi connectivity index (χ0) is 14.7. The highest BCUT2D eigenvalue weighted by atomic mass is 16.4. The molecule has 5 heteroatoms. The Hall–Kier alpha value is -2.56. The Morgan fingerprint density at radius 2 is 2.10 bits per heavy atom. The molecular formula is C16H17N3O2. The standard InChI is InChI=1S/C16H17N3O2/c20-16(21)12-3-5-15(6-4-12)19-9-7-14(11-19)18-13-2-1-8-17-10-13/h1-6,8,10,14,18H,7,9,11H2,(H,20,21)/t14-/m0/s1. The fourth-order valence-corrected chi connectivity index (χ4v) is 2.61.